The van der Waals surface area contributed by atoms with E-state index in [1.54, 1.807) is 23.5 Å². The molecule has 4 rings (SSSR count). The normalized spacial score (nSPS) is 11.2. The standard InChI is InChI=1S/C23H16F3N3OS/c24-23(25,26)17-7-4-8-19(13-17)28-22(30)27-18-11-9-15(10-12-18)20-14-31-21(29-20)16-5-2-1-3-6-16/h1-14H,(H2,27,28,30). The van der Waals surface area contributed by atoms with Crippen LogP contribution in [0.3, 0.4) is 0 Å². The van der Waals surface area contributed by atoms with Crippen molar-refractivity contribution < 1.29 is 18.0 Å². The topological polar surface area (TPSA) is 54.0 Å². The molecule has 0 radical (unpaired) electrons. The van der Waals surface area contributed by atoms with E-state index in [1.807, 2.05) is 47.8 Å². The van der Waals surface area contributed by atoms with Gasteiger partial charge in [0.05, 0.1) is 11.3 Å². The van der Waals surface area contributed by atoms with Crippen LogP contribution in [0.25, 0.3) is 21.8 Å². The van der Waals surface area contributed by atoms with Gasteiger partial charge in [0.1, 0.15) is 5.01 Å². The van der Waals surface area contributed by atoms with Gasteiger partial charge in [-0.05, 0) is 30.3 Å². The van der Waals surface area contributed by atoms with Crippen LogP contribution < -0.4 is 10.6 Å². The number of hydrogen-bond donors (Lipinski definition) is 2. The molecule has 1 aromatic heterocycles. The Morgan fingerprint density at radius 1 is 0.806 bits per heavy atom. The molecule has 0 fully saturated rings. The highest BCUT2D eigenvalue weighted by molar-refractivity contribution is 7.13. The van der Waals surface area contributed by atoms with Crippen LogP contribution in [-0.4, -0.2) is 11.0 Å². The van der Waals surface area contributed by atoms with Crippen LogP contribution in [0.5, 0.6) is 0 Å². The number of anilines is 2. The summed E-state index contributed by atoms with van der Waals surface area (Å²) in [7, 11) is 0. The van der Waals surface area contributed by atoms with Crippen molar-refractivity contribution in [2.24, 2.45) is 0 Å². The van der Waals surface area contributed by atoms with Crippen molar-refractivity contribution in [2.75, 3.05) is 10.6 Å². The first kappa shape index (κ1) is 20.6. The van der Waals surface area contributed by atoms with Crippen molar-refractivity contribution in [1.82, 2.24) is 4.98 Å². The fourth-order valence-electron chi connectivity index (χ4n) is 2.91. The summed E-state index contributed by atoms with van der Waals surface area (Å²) >= 11 is 1.55. The van der Waals surface area contributed by atoms with Crippen molar-refractivity contribution in [3.05, 3.63) is 89.8 Å². The Balaban J connectivity index is 1.41. The fourth-order valence-corrected chi connectivity index (χ4v) is 3.75. The lowest BCUT2D eigenvalue weighted by Gasteiger charge is -2.11. The molecule has 4 aromatic rings. The highest BCUT2D eigenvalue weighted by Gasteiger charge is 2.30. The van der Waals surface area contributed by atoms with Gasteiger partial charge in [-0.1, -0.05) is 48.5 Å². The molecule has 3 aromatic carbocycles. The van der Waals surface area contributed by atoms with Gasteiger partial charge < -0.3 is 10.6 Å². The summed E-state index contributed by atoms with van der Waals surface area (Å²) in [6, 6.07) is 20.8. The summed E-state index contributed by atoms with van der Waals surface area (Å²) in [6.45, 7) is 0. The number of benzene rings is 3. The molecule has 0 aliphatic heterocycles. The smallest absolute Gasteiger partial charge is 0.308 e. The largest absolute Gasteiger partial charge is 0.416 e. The first-order valence-electron chi connectivity index (χ1n) is 9.25. The predicted molar refractivity (Wildman–Crippen MR) is 117 cm³/mol. The highest BCUT2D eigenvalue weighted by Crippen LogP contribution is 2.31. The van der Waals surface area contributed by atoms with Gasteiger partial charge in [-0.25, -0.2) is 9.78 Å². The monoisotopic (exact) mass is 439 g/mol. The maximum atomic E-state index is 12.8. The van der Waals surface area contributed by atoms with Crippen LogP contribution in [-0.2, 0) is 6.18 Å². The molecule has 0 aliphatic carbocycles. The average Bonchev–Trinajstić information content (AvgIpc) is 3.25. The number of rotatable bonds is 4. The van der Waals surface area contributed by atoms with E-state index in [9.17, 15) is 18.0 Å². The molecule has 4 nitrogen and oxygen atoms in total. The Morgan fingerprint density at radius 3 is 2.23 bits per heavy atom. The molecule has 8 heteroatoms. The summed E-state index contributed by atoms with van der Waals surface area (Å²) in [5.41, 5.74) is 2.49. The Kier molecular flexibility index (Phi) is 5.73. The van der Waals surface area contributed by atoms with Gasteiger partial charge in [0.15, 0.2) is 0 Å². The molecule has 0 spiro atoms. The van der Waals surface area contributed by atoms with E-state index >= 15 is 0 Å². The number of hydrogen-bond acceptors (Lipinski definition) is 3. The molecule has 0 atom stereocenters. The summed E-state index contributed by atoms with van der Waals surface area (Å²) in [6.07, 6.45) is -4.47. The van der Waals surface area contributed by atoms with Crippen LogP contribution in [0.1, 0.15) is 5.56 Å². The van der Waals surface area contributed by atoms with Crippen molar-refractivity contribution in [3.8, 4) is 21.8 Å². The van der Waals surface area contributed by atoms with Crippen molar-refractivity contribution in [2.45, 2.75) is 6.18 Å². The minimum absolute atomic E-state index is 0.0554. The molecule has 0 bridgehead atoms. The summed E-state index contributed by atoms with van der Waals surface area (Å²) < 4.78 is 38.4. The van der Waals surface area contributed by atoms with E-state index in [0.717, 1.165) is 34.0 Å². The molecule has 2 N–H and O–H groups in total. The summed E-state index contributed by atoms with van der Waals surface area (Å²) in [5, 5.41) is 7.90. The number of thiazole rings is 1. The Morgan fingerprint density at radius 2 is 1.52 bits per heavy atom. The number of carbonyl (C=O) groups is 1. The zero-order valence-electron chi connectivity index (χ0n) is 16.0. The molecule has 156 valence electrons. The number of carbonyl (C=O) groups excluding carboxylic acids is 1. The van der Waals surface area contributed by atoms with Crippen LogP contribution >= 0.6 is 11.3 Å². The predicted octanol–water partition coefficient (Wildman–Crippen LogP) is 7.14. The number of nitrogens with zero attached hydrogens (tertiary/aromatic N) is 1. The van der Waals surface area contributed by atoms with E-state index in [4.69, 9.17) is 0 Å². The van der Waals surface area contributed by atoms with Crippen molar-refractivity contribution >= 4 is 28.7 Å². The minimum Gasteiger partial charge on any atom is -0.308 e. The third-order valence-electron chi connectivity index (χ3n) is 4.41. The zero-order chi connectivity index (χ0) is 21.8. The van der Waals surface area contributed by atoms with E-state index < -0.39 is 17.8 Å². The van der Waals surface area contributed by atoms with E-state index in [-0.39, 0.29) is 5.69 Å². The first-order chi connectivity index (χ1) is 14.9. The van der Waals surface area contributed by atoms with Crippen molar-refractivity contribution in [1.29, 1.82) is 0 Å². The van der Waals surface area contributed by atoms with Crippen LogP contribution in [0.4, 0.5) is 29.3 Å². The lowest BCUT2D eigenvalue weighted by atomic mass is 10.1. The van der Waals surface area contributed by atoms with Gasteiger partial charge in [-0.3, -0.25) is 0 Å². The van der Waals surface area contributed by atoms with E-state index in [2.05, 4.69) is 15.6 Å². The van der Waals surface area contributed by atoms with Gasteiger partial charge in [-0.15, -0.1) is 11.3 Å². The Bertz CT molecular complexity index is 1190. The fraction of sp³-hybridized carbons (Fsp3) is 0.0435. The maximum Gasteiger partial charge on any atom is 0.416 e. The van der Waals surface area contributed by atoms with Crippen LogP contribution in [0.2, 0.25) is 0 Å². The minimum atomic E-state index is -4.47. The van der Waals surface area contributed by atoms with Gasteiger partial charge >= 0.3 is 12.2 Å². The number of nitrogens with one attached hydrogen (secondary N) is 2. The second kappa shape index (κ2) is 8.61. The van der Waals surface area contributed by atoms with E-state index in [1.165, 1.54) is 12.1 Å². The van der Waals surface area contributed by atoms with Crippen LogP contribution in [0, 0.1) is 0 Å². The maximum absolute atomic E-state index is 12.8. The Labute approximate surface area is 180 Å². The molecule has 0 saturated carbocycles. The van der Waals surface area contributed by atoms with E-state index in [0.29, 0.717) is 5.69 Å². The third-order valence-corrected chi connectivity index (χ3v) is 5.30. The lowest BCUT2D eigenvalue weighted by molar-refractivity contribution is -0.137. The molecule has 0 aliphatic rings. The van der Waals surface area contributed by atoms with Gasteiger partial charge in [0, 0.05) is 27.9 Å². The summed E-state index contributed by atoms with van der Waals surface area (Å²) in [4.78, 5) is 16.8. The van der Waals surface area contributed by atoms with Gasteiger partial charge in [-0.2, -0.15) is 13.2 Å². The zero-order valence-corrected chi connectivity index (χ0v) is 16.8. The molecule has 2 amide bonds. The number of alkyl halides is 3. The molecule has 31 heavy (non-hydrogen) atoms. The number of aromatic nitrogens is 1. The lowest BCUT2D eigenvalue weighted by Crippen LogP contribution is -2.19. The van der Waals surface area contributed by atoms with Gasteiger partial charge in [0.2, 0.25) is 0 Å². The first-order valence-corrected chi connectivity index (χ1v) is 10.1. The third kappa shape index (κ3) is 5.10. The molecular weight excluding hydrogens is 423 g/mol. The molecule has 0 unspecified atom stereocenters. The number of urea groups is 1. The SMILES string of the molecule is O=C(Nc1ccc(-c2csc(-c3ccccc3)n2)cc1)Nc1cccc(C(F)(F)F)c1. The highest BCUT2D eigenvalue weighted by atomic mass is 32.1. The summed E-state index contributed by atoms with van der Waals surface area (Å²) in [5.74, 6) is 0. The van der Waals surface area contributed by atoms with Crippen molar-refractivity contribution in [3.63, 3.8) is 0 Å². The second-order valence-corrected chi connectivity index (χ2v) is 7.50. The number of amides is 2. The Hall–Kier alpha value is -3.65. The quantitative estimate of drug-likeness (QED) is 0.355. The molecule has 0 saturated heterocycles. The molecular formula is C23H16F3N3OS. The molecule has 1 heterocycles. The number of halogens is 3. The van der Waals surface area contributed by atoms with Crippen LogP contribution in [0.15, 0.2) is 84.2 Å². The second-order valence-electron chi connectivity index (χ2n) is 6.64. The average molecular weight is 439 g/mol. The van der Waals surface area contributed by atoms with Gasteiger partial charge in [0.25, 0.3) is 0 Å².